The third kappa shape index (κ3) is 3.49. The van der Waals surface area contributed by atoms with Crippen LogP contribution in [0.1, 0.15) is 19.8 Å². The monoisotopic (exact) mass is 244 g/mol. The van der Waals surface area contributed by atoms with Crippen molar-refractivity contribution in [2.75, 3.05) is 25.1 Å². The van der Waals surface area contributed by atoms with Crippen molar-refractivity contribution in [3.63, 3.8) is 0 Å². The van der Waals surface area contributed by atoms with Gasteiger partial charge in [-0.25, -0.2) is 8.42 Å². The molecule has 1 saturated heterocycles. The fraction of sp³-hybridized carbons (Fsp3) is 0.800. The Bertz CT molecular complexity index is 414. The quantitative estimate of drug-likeness (QED) is 0.694. The largest absolute Gasteiger partial charge is 0.342 e. The van der Waals surface area contributed by atoms with Crippen molar-refractivity contribution in [1.29, 1.82) is 5.26 Å². The van der Waals surface area contributed by atoms with Gasteiger partial charge in [-0.15, -0.1) is 0 Å². The Morgan fingerprint density at radius 1 is 1.44 bits per heavy atom. The van der Waals surface area contributed by atoms with E-state index in [0.29, 0.717) is 25.9 Å². The van der Waals surface area contributed by atoms with Gasteiger partial charge in [-0.3, -0.25) is 4.79 Å². The molecule has 0 N–H and O–H groups in total. The van der Waals surface area contributed by atoms with E-state index >= 15 is 0 Å². The number of amides is 1. The number of nitrogens with zero attached hydrogens (tertiary/aromatic N) is 2. The Balaban J connectivity index is 2.56. The zero-order valence-electron chi connectivity index (χ0n) is 9.56. The maximum atomic E-state index is 11.6. The van der Waals surface area contributed by atoms with Crippen LogP contribution in [0, 0.1) is 16.7 Å². The summed E-state index contributed by atoms with van der Waals surface area (Å²) in [6.07, 6.45) is 2.27. The summed E-state index contributed by atoms with van der Waals surface area (Å²) in [6, 6.07) is 2.23. The van der Waals surface area contributed by atoms with Gasteiger partial charge in [0, 0.05) is 19.3 Å². The van der Waals surface area contributed by atoms with E-state index in [-0.39, 0.29) is 11.3 Å². The average Bonchev–Trinajstić information content (AvgIpc) is 2.16. The molecule has 1 aliphatic rings. The first kappa shape index (κ1) is 13.0. The summed E-state index contributed by atoms with van der Waals surface area (Å²) in [5.41, 5.74) is -0.373. The third-order valence-electron chi connectivity index (χ3n) is 2.88. The zero-order chi connectivity index (χ0) is 12.4. The van der Waals surface area contributed by atoms with Crippen molar-refractivity contribution in [2.24, 2.45) is 5.41 Å². The first-order chi connectivity index (χ1) is 7.26. The summed E-state index contributed by atoms with van der Waals surface area (Å²) >= 11 is 0. The lowest BCUT2D eigenvalue weighted by Crippen LogP contribution is -2.43. The first-order valence-electron chi connectivity index (χ1n) is 5.12. The molecule has 16 heavy (non-hydrogen) atoms. The van der Waals surface area contributed by atoms with Gasteiger partial charge in [0.2, 0.25) is 5.91 Å². The minimum Gasteiger partial charge on any atom is -0.342 e. The Morgan fingerprint density at radius 3 is 2.31 bits per heavy atom. The number of hydrogen-bond acceptors (Lipinski definition) is 4. The van der Waals surface area contributed by atoms with Gasteiger partial charge in [0.15, 0.2) is 9.84 Å². The second-order valence-corrected chi connectivity index (χ2v) is 6.76. The van der Waals surface area contributed by atoms with Gasteiger partial charge in [0.05, 0.1) is 11.5 Å². The number of carbonyl (C=O) groups is 1. The summed E-state index contributed by atoms with van der Waals surface area (Å²) < 4.78 is 21.9. The summed E-state index contributed by atoms with van der Waals surface area (Å²) in [7, 11) is -3.26. The molecule has 1 amide bonds. The first-order valence-corrected chi connectivity index (χ1v) is 7.19. The highest BCUT2D eigenvalue weighted by Crippen LogP contribution is 2.29. The summed E-state index contributed by atoms with van der Waals surface area (Å²) in [5, 5.41) is 8.91. The second-order valence-electron chi connectivity index (χ2n) is 4.62. The molecular weight excluding hydrogens is 228 g/mol. The Kier molecular flexibility index (Phi) is 3.58. The molecule has 0 atom stereocenters. The molecule has 0 aliphatic carbocycles. The van der Waals surface area contributed by atoms with Crippen LogP contribution in [-0.2, 0) is 14.6 Å². The Labute approximate surface area is 96.0 Å². The van der Waals surface area contributed by atoms with Gasteiger partial charge < -0.3 is 4.90 Å². The Morgan fingerprint density at radius 2 is 1.94 bits per heavy atom. The standard InChI is InChI=1S/C10H16N2O3S/c1-10(8-11)3-5-12(6-4-10)9(13)7-16(2,14)15/h3-7H2,1-2H3. The molecule has 1 rings (SSSR count). The second kappa shape index (κ2) is 4.42. The third-order valence-corrected chi connectivity index (χ3v) is 3.65. The highest BCUT2D eigenvalue weighted by Gasteiger charge is 2.32. The van der Waals surface area contributed by atoms with Crippen LogP contribution < -0.4 is 0 Å². The molecule has 0 aromatic rings. The van der Waals surface area contributed by atoms with Gasteiger partial charge in [0.25, 0.3) is 0 Å². The maximum absolute atomic E-state index is 11.6. The van der Waals surface area contributed by atoms with Crippen molar-refractivity contribution < 1.29 is 13.2 Å². The molecule has 0 spiro atoms. The number of piperidine rings is 1. The topological polar surface area (TPSA) is 78.2 Å². The van der Waals surface area contributed by atoms with Crippen LogP contribution in [0.5, 0.6) is 0 Å². The molecule has 0 saturated carbocycles. The minimum absolute atomic E-state index is 0.359. The molecule has 0 bridgehead atoms. The van der Waals surface area contributed by atoms with Gasteiger partial charge in [-0.2, -0.15) is 5.26 Å². The van der Waals surface area contributed by atoms with Crippen LogP contribution in [0.15, 0.2) is 0 Å². The highest BCUT2D eigenvalue weighted by molar-refractivity contribution is 7.91. The van der Waals surface area contributed by atoms with Crippen molar-refractivity contribution in [3.05, 3.63) is 0 Å². The molecule has 5 nitrogen and oxygen atoms in total. The predicted octanol–water partition coefficient (Wildman–Crippen LogP) is 0.183. The predicted molar refractivity (Wildman–Crippen MR) is 59.2 cm³/mol. The lowest BCUT2D eigenvalue weighted by atomic mass is 9.82. The van der Waals surface area contributed by atoms with Crippen LogP contribution in [0.3, 0.4) is 0 Å². The van der Waals surface area contributed by atoms with Crippen molar-refractivity contribution in [3.8, 4) is 6.07 Å². The van der Waals surface area contributed by atoms with Crippen molar-refractivity contribution in [2.45, 2.75) is 19.8 Å². The van der Waals surface area contributed by atoms with E-state index < -0.39 is 15.6 Å². The van der Waals surface area contributed by atoms with E-state index in [4.69, 9.17) is 5.26 Å². The number of hydrogen-bond donors (Lipinski definition) is 0. The molecule has 6 heteroatoms. The number of rotatable bonds is 2. The van der Waals surface area contributed by atoms with Crippen LogP contribution in [0.4, 0.5) is 0 Å². The molecule has 1 heterocycles. The lowest BCUT2D eigenvalue weighted by molar-refractivity contribution is -0.130. The number of likely N-dealkylation sites (tertiary alicyclic amines) is 1. The maximum Gasteiger partial charge on any atom is 0.237 e. The highest BCUT2D eigenvalue weighted by atomic mass is 32.2. The molecule has 1 fully saturated rings. The summed E-state index contributed by atoms with van der Waals surface area (Å²) in [6.45, 7) is 2.81. The molecule has 0 aromatic heterocycles. The van der Waals surface area contributed by atoms with Gasteiger partial charge in [-0.05, 0) is 19.8 Å². The van der Waals surface area contributed by atoms with Crippen LogP contribution in [-0.4, -0.2) is 44.3 Å². The van der Waals surface area contributed by atoms with E-state index in [2.05, 4.69) is 6.07 Å². The SMILES string of the molecule is CC1(C#N)CCN(C(=O)CS(C)(=O)=O)CC1. The van der Waals surface area contributed by atoms with E-state index in [1.165, 1.54) is 4.90 Å². The van der Waals surface area contributed by atoms with Crippen LogP contribution in [0.2, 0.25) is 0 Å². The molecule has 90 valence electrons. The molecule has 0 unspecified atom stereocenters. The van der Waals surface area contributed by atoms with Crippen LogP contribution in [0.25, 0.3) is 0 Å². The molecule has 0 radical (unpaired) electrons. The fourth-order valence-electron chi connectivity index (χ4n) is 1.68. The summed E-state index contributed by atoms with van der Waals surface area (Å²) in [5.74, 6) is -0.793. The summed E-state index contributed by atoms with van der Waals surface area (Å²) in [4.78, 5) is 13.1. The van der Waals surface area contributed by atoms with Crippen molar-refractivity contribution in [1.82, 2.24) is 4.90 Å². The minimum atomic E-state index is -3.26. The molecule has 0 aromatic carbocycles. The number of nitriles is 1. The fourth-order valence-corrected chi connectivity index (χ4v) is 2.31. The number of sulfone groups is 1. The van der Waals surface area contributed by atoms with E-state index in [1.807, 2.05) is 6.92 Å². The molecule has 1 aliphatic heterocycles. The van der Waals surface area contributed by atoms with E-state index in [0.717, 1.165) is 6.26 Å². The number of carbonyl (C=O) groups excluding carboxylic acids is 1. The molecular formula is C10H16N2O3S. The Hall–Kier alpha value is -1.09. The van der Waals surface area contributed by atoms with E-state index in [9.17, 15) is 13.2 Å². The average molecular weight is 244 g/mol. The van der Waals surface area contributed by atoms with Gasteiger partial charge in [-0.1, -0.05) is 0 Å². The lowest BCUT2D eigenvalue weighted by Gasteiger charge is -2.34. The zero-order valence-corrected chi connectivity index (χ0v) is 10.4. The van der Waals surface area contributed by atoms with Crippen LogP contribution >= 0.6 is 0 Å². The van der Waals surface area contributed by atoms with Gasteiger partial charge in [0.1, 0.15) is 5.75 Å². The van der Waals surface area contributed by atoms with Crippen molar-refractivity contribution >= 4 is 15.7 Å². The van der Waals surface area contributed by atoms with E-state index in [1.54, 1.807) is 0 Å². The normalized spacial score (nSPS) is 20.2. The van der Waals surface area contributed by atoms with Gasteiger partial charge >= 0.3 is 0 Å². The smallest absolute Gasteiger partial charge is 0.237 e.